The second kappa shape index (κ2) is 6.21. The molecule has 136 valence electrons. The number of nitrogens with zero attached hydrogens (tertiary/aromatic N) is 1. The van der Waals surface area contributed by atoms with E-state index < -0.39 is 10.0 Å². The standard InChI is InChI=1S/C18H18N2O5S/c1-12-4-6-13(7-5-12)26(22,23)19-14-9-16-17(25-11-24-16)10-15(14)20-8-2-3-18(20)21/h4-7,9-10,19H,2-3,8,11H2,1H3. The number of rotatable bonds is 4. The van der Waals surface area contributed by atoms with Crippen LogP contribution < -0.4 is 19.1 Å². The van der Waals surface area contributed by atoms with Gasteiger partial charge in [-0.05, 0) is 25.5 Å². The number of carbonyl (C=O) groups is 1. The zero-order valence-electron chi connectivity index (χ0n) is 14.2. The minimum atomic E-state index is -3.80. The van der Waals surface area contributed by atoms with Crippen molar-refractivity contribution < 1.29 is 22.7 Å². The van der Waals surface area contributed by atoms with Gasteiger partial charge in [-0.15, -0.1) is 0 Å². The highest BCUT2D eigenvalue weighted by atomic mass is 32.2. The number of benzene rings is 2. The van der Waals surface area contributed by atoms with Crippen molar-refractivity contribution in [2.75, 3.05) is 23.0 Å². The maximum Gasteiger partial charge on any atom is 0.261 e. The van der Waals surface area contributed by atoms with Gasteiger partial charge in [-0.3, -0.25) is 9.52 Å². The maximum absolute atomic E-state index is 12.8. The van der Waals surface area contributed by atoms with Gasteiger partial charge < -0.3 is 14.4 Å². The van der Waals surface area contributed by atoms with Gasteiger partial charge in [0.1, 0.15) is 0 Å². The van der Waals surface area contributed by atoms with E-state index in [1.165, 1.54) is 0 Å². The summed E-state index contributed by atoms with van der Waals surface area (Å²) < 4.78 is 38.9. The molecule has 0 saturated carbocycles. The molecule has 2 aromatic rings. The fourth-order valence-electron chi connectivity index (χ4n) is 3.06. The van der Waals surface area contributed by atoms with Crippen molar-refractivity contribution in [3.05, 3.63) is 42.0 Å². The molecule has 0 unspecified atom stereocenters. The highest BCUT2D eigenvalue weighted by Crippen LogP contribution is 2.42. The molecular weight excluding hydrogens is 356 g/mol. The Hall–Kier alpha value is -2.74. The number of carbonyl (C=O) groups excluding carboxylic acids is 1. The number of ether oxygens (including phenoxy) is 2. The zero-order valence-corrected chi connectivity index (χ0v) is 15.0. The van der Waals surface area contributed by atoms with Crippen LogP contribution in [0.15, 0.2) is 41.3 Å². The van der Waals surface area contributed by atoms with Crippen LogP contribution in [0.5, 0.6) is 11.5 Å². The molecule has 8 heteroatoms. The fourth-order valence-corrected chi connectivity index (χ4v) is 4.13. The van der Waals surface area contributed by atoms with Gasteiger partial charge >= 0.3 is 0 Å². The molecule has 1 N–H and O–H groups in total. The lowest BCUT2D eigenvalue weighted by Crippen LogP contribution is -2.25. The van der Waals surface area contributed by atoms with Crippen LogP contribution >= 0.6 is 0 Å². The lowest BCUT2D eigenvalue weighted by Gasteiger charge is -2.21. The van der Waals surface area contributed by atoms with Gasteiger partial charge in [-0.25, -0.2) is 8.42 Å². The molecule has 0 aliphatic carbocycles. The molecule has 0 aromatic heterocycles. The van der Waals surface area contributed by atoms with Gasteiger partial charge in [0.2, 0.25) is 12.7 Å². The molecule has 0 atom stereocenters. The van der Waals surface area contributed by atoms with Crippen molar-refractivity contribution in [3.63, 3.8) is 0 Å². The van der Waals surface area contributed by atoms with Crippen molar-refractivity contribution in [1.29, 1.82) is 0 Å². The van der Waals surface area contributed by atoms with Crippen LogP contribution in [0.2, 0.25) is 0 Å². The van der Waals surface area contributed by atoms with E-state index in [9.17, 15) is 13.2 Å². The molecule has 2 aromatic carbocycles. The Morgan fingerprint density at radius 2 is 1.77 bits per heavy atom. The van der Waals surface area contributed by atoms with E-state index in [0.717, 1.165) is 12.0 Å². The number of hydrogen-bond acceptors (Lipinski definition) is 5. The van der Waals surface area contributed by atoms with Gasteiger partial charge in [0.05, 0.1) is 16.3 Å². The van der Waals surface area contributed by atoms with Crippen LogP contribution in [0.1, 0.15) is 18.4 Å². The Kier molecular flexibility index (Phi) is 3.99. The normalized spacial score (nSPS) is 16.2. The highest BCUT2D eigenvalue weighted by Gasteiger charge is 2.29. The fraction of sp³-hybridized carbons (Fsp3) is 0.278. The van der Waals surface area contributed by atoms with E-state index in [2.05, 4.69) is 4.72 Å². The van der Waals surface area contributed by atoms with Crippen LogP contribution in [0.25, 0.3) is 0 Å². The summed E-state index contributed by atoms with van der Waals surface area (Å²) in [6.07, 6.45) is 1.18. The van der Waals surface area contributed by atoms with Crippen molar-refractivity contribution in [2.24, 2.45) is 0 Å². The molecule has 0 radical (unpaired) electrons. The Balaban J connectivity index is 1.75. The summed E-state index contributed by atoms with van der Waals surface area (Å²) >= 11 is 0. The molecule has 4 rings (SSSR count). The number of anilines is 2. The lowest BCUT2D eigenvalue weighted by molar-refractivity contribution is -0.117. The topological polar surface area (TPSA) is 84.9 Å². The third kappa shape index (κ3) is 2.96. The van der Waals surface area contributed by atoms with Gasteiger partial charge in [0.15, 0.2) is 11.5 Å². The second-order valence-corrected chi connectivity index (χ2v) is 7.97. The van der Waals surface area contributed by atoms with E-state index in [1.54, 1.807) is 41.3 Å². The molecular formula is C18H18N2O5S. The molecule has 1 fully saturated rings. The number of aryl methyl sites for hydroxylation is 1. The van der Waals surface area contributed by atoms with Gasteiger partial charge in [-0.2, -0.15) is 0 Å². The van der Waals surface area contributed by atoms with Crippen LogP contribution in [0.4, 0.5) is 11.4 Å². The number of hydrogen-bond donors (Lipinski definition) is 1. The molecule has 1 saturated heterocycles. The molecule has 2 heterocycles. The first-order chi connectivity index (χ1) is 12.4. The monoisotopic (exact) mass is 374 g/mol. The smallest absolute Gasteiger partial charge is 0.261 e. The van der Waals surface area contributed by atoms with Gasteiger partial charge in [-0.1, -0.05) is 17.7 Å². The first-order valence-corrected chi connectivity index (χ1v) is 9.76. The quantitative estimate of drug-likeness (QED) is 0.889. The van der Waals surface area contributed by atoms with E-state index >= 15 is 0 Å². The highest BCUT2D eigenvalue weighted by molar-refractivity contribution is 7.92. The first kappa shape index (κ1) is 16.7. The van der Waals surface area contributed by atoms with E-state index in [-0.39, 0.29) is 17.6 Å². The Morgan fingerprint density at radius 1 is 1.08 bits per heavy atom. The van der Waals surface area contributed by atoms with Crippen molar-refractivity contribution in [3.8, 4) is 11.5 Å². The van der Waals surface area contributed by atoms with E-state index in [1.807, 2.05) is 6.92 Å². The Labute approximate surface area is 151 Å². The SMILES string of the molecule is Cc1ccc(S(=O)(=O)Nc2cc3c(cc2N2CCCC2=O)OCO3)cc1. The van der Waals surface area contributed by atoms with Gasteiger partial charge in [0, 0.05) is 25.1 Å². The van der Waals surface area contributed by atoms with E-state index in [4.69, 9.17) is 9.47 Å². The van der Waals surface area contributed by atoms with Crippen molar-refractivity contribution in [1.82, 2.24) is 0 Å². The largest absolute Gasteiger partial charge is 0.454 e. The zero-order chi connectivity index (χ0) is 18.3. The number of amides is 1. The second-order valence-electron chi connectivity index (χ2n) is 6.29. The summed E-state index contributed by atoms with van der Waals surface area (Å²) in [5, 5.41) is 0. The predicted octanol–water partition coefficient (Wildman–Crippen LogP) is 2.65. The Bertz CT molecular complexity index is 970. The Morgan fingerprint density at radius 3 is 2.42 bits per heavy atom. The van der Waals surface area contributed by atoms with Crippen molar-refractivity contribution >= 4 is 27.3 Å². The average molecular weight is 374 g/mol. The van der Waals surface area contributed by atoms with Crippen LogP contribution in [-0.4, -0.2) is 27.7 Å². The molecule has 2 aliphatic heterocycles. The minimum absolute atomic E-state index is 0.0420. The maximum atomic E-state index is 12.8. The van der Waals surface area contributed by atoms with Crippen LogP contribution in [0.3, 0.4) is 0 Å². The minimum Gasteiger partial charge on any atom is -0.454 e. The summed E-state index contributed by atoms with van der Waals surface area (Å²) in [4.78, 5) is 13.9. The molecule has 7 nitrogen and oxygen atoms in total. The summed E-state index contributed by atoms with van der Waals surface area (Å²) in [6.45, 7) is 2.49. The first-order valence-electron chi connectivity index (χ1n) is 8.27. The summed E-state index contributed by atoms with van der Waals surface area (Å²) in [5.41, 5.74) is 1.74. The predicted molar refractivity (Wildman–Crippen MR) is 96.1 cm³/mol. The van der Waals surface area contributed by atoms with Crippen LogP contribution in [-0.2, 0) is 14.8 Å². The summed E-state index contributed by atoms with van der Waals surface area (Å²) in [6, 6.07) is 9.78. The third-order valence-electron chi connectivity index (χ3n) is 4.43. The average Bonchev–Trinajstić information content (AvgIpc) is 3.22. The van der Waals surface area contributed by atoms with E-state index in [0.29, 0.717) is 35.8 Å². The lowest BCUT2D eigenvalue weighted by atomic mass is 10.2. The summed E-state index contributed by atoms with van der Waals surface area (Å²) in [7, 11) is -3.80. The molecule has 0 bridgehead atoms. The third-order valence-corrected chi connectivity index (χ3v) is 5.81. The number of fused-ring (bicyclic) bond motifs is 1. The molecule has 1 amide bonds. The molecule has 0 spiro atoms. The summed E-state index contributed by atoms with van der Waals surface area (Å²) in [5.74, 6) is 0.902. The molecule has 26 heavy (non-hydrogen) atoms. The van der Waals surface area contributed by atoms with Gasteiger partial charge in [0.25, 0.3) is 10.0 Å². The van der Waals surface area contributed by atoms with Crippen molar-refractivity contribution in [2.45, 2.75) is 24.7 Å². The number of sulfonamides is 1. The van der Waals surface area contributed by atoms with Crippen LogP contribution in [0, 0.1) is 6.92 Å². The number of nitrogens with one attached hydrogen (secondary N) is 1. The molecule has 2 aliphatic rings.